The van der Waals surface area contributed by atoms with Gasteiger partial charge in [0.1, 0.15) is 0 Å². The van der Waals surface area contributed by atoms with E-state index in [4.69, 9.17) is 0 Å². The predicted molar refractivity (Wildman–Crippen MR) is 51.1 cm³/mol. The molecule has 1 saturated heterocycles. The second-order valence-electron chi connectivity index (χ2n) is 4.57. The summed E-state index contributed by atoms with van der Waals surface area (Å²) in [6, 6.07) is 0. The molecule has 0 aliphatic carbocycles. The largest absolute Gasteiger partial charge is 0.388 e. The number of piperidine rings is 1. The van der Waals surface area contributed by atoms with Gasteiger partial charge >= 0.3 is 0 Å². The molecule has 1 aliphatic rings. The standard InChI is InChI=1S/C10H21NO/c1-8(2)6-10(12)7-11-5-4-9(10)3/h8-9,11-12H,4-7H2,1-3H3. The van der Waals surface area contributed by atoms with Crippen molar-refractivity contribution in [3.63, 3.8) is 0 Å². The first kappa shape index (κ1) is 10.0. The maximum atomic E-state index is 10.2. The van der Waals surface area contributed by atoms with Gasteiger partial charge in [-0.25, -0.2) is 0 Å². The summed E-state index contributed by atoms with van der Waals surface area (Å²) < 4.78 is 0. The van der Waals surface area contributed by atoms with Gasteiger partial charge in [-0.05, 0) is 31.2 Å². The van der Waals surface area contributed by atoms with Gasteiger partial charge in [-0.15, -0.1) is 0 Å². The molecule has 0 aromatic rings. The number of β-amino-alcohol motifs (C(OH)–C–C–N with tert-alkyl or cyclic N) is 1. The Bertz CT molecular complexity index is 147. The smallest absolute Gasteiger partial charge is 0.0799 e. The summed E-state index contributed by atoms with van der Waals surface area (Å²) in [6.45, 7) is 8.32. The van der Waals surface area contributed by atoms with Gasteiger partial charge in [0.25, 0.3) is 0 Å². The molecule has 0 bridgehead atoms. The van der Waals surface area contributed by atoms with E-state index in [1.54, 1.807) is 0 Å². The Morgan fingerprint density at radius 2 is 2.25 bits per heavy atom. The third kappa shape index (κ3) is 2.20. The highest BCUT2D eigenvalue weighted by atomic mass is 16.3. The van der Waals surface area contributed by atoms with Gasteiger partial charge in [-0.1, -0.05) is 20.8 Å². The molecule has 2 N–H and O–H groups in total. The first-order valence-electron chi connectivity index (χ1n) is 4.98. The van der Waals surface area contributed by atoms with Crippen LogP contribution in [0.5, 0.6) is 0 Å². The SMILES string of the molecule is CC(C)CC1(O)CNCCC1C. The first-order chi connectivity index (χ1) is 5.54. The zero-order valence-electron chi connectivity index (χ0n) is 8.43. The molecule has 2 heteroatoms. The molecule has 0 amide bonds. The van der Waals surface area contributed by atoms with Crippen LogP contribution in [-0.2, 0) is 0 Å². The van der Waals surface area contributed by atoms with Crippen LogP contribution in [0.1, 0.15) is 33.6 Å². The molecule has 1 fully saturated rings. The van der Waals surface area contributed by atoms with E-state index in [0.29, 0.717) is 11.8 Å². The zero-order chi connectivity index (χ0) is 9.19. The van der Waals surface area contributed by atoms with Crippen LogP contribution in [0.2, 0.25) is 0 Å². The predicted octanol–water partition coefficient (Wildman–Crippen LogP) is 1.39. The molecule has 0 aromatic heterocycles. The van der Waals surface area contributed by atoms with Crippen molar-refractivity contribution >= 4 is 0 Å². The molecular formula is C10H21NO. The molecule has 72 valence electrons. The molecule has 0 radical (unpaired) electrons. The lowest BCUT2D eigenvalue weighted by Gasteiger charge is -2.39. The Morgan fingerprint density at radius 3 is 2.75 bits per heavy atom. The fourth-order valence-corrected chi connectivity index (χ4v) is 2.05. The highest BCUT2D eigenvalue weighted by molar-refractivity contribution is 4.90. The zero-order valence-corrected chi connectivity index (χ0v) is 8.43. The van der Waals surface area contributed by atoms with Crippen molar-refractivity contribution in [2.24, 2.45) is 11.8 Å². The van der Waals surface area contributed by atoms with Crippen LogP contribution >= 0.6 is 0 Å². The molecule has 1 rings (SSSR count). The van der Waals surface area contributed by atoms with E-state index in [9.17, 15) is 5.11 Å². The molecule has 0 aromatic carbocycles. The number of hydrogen-bond acceptors (Lipinski definition) is 2. The lowest BCUT2D eigenvalue weighted by Crippen LogP contribution is -2.51. The van der Waals surface area contributed by atoms with Crippen LogP contribution in [0.3, 0.4) is 0 Å². The number of rotatable bonds is 2. The Kier molecular flexibility index (Phi) is 3.13. The minimum atomic E-state index is -0.452. The van der Waals surface area contributed by atoms with Gasteiger partial charge in [0.15, 0.2) is 0 Å². The highest BCUT2D eigenvalue weighted by Crippen LogP contribution is 2.29. The van der Waals surface area contributed by atoms with Gasteiger partial charge in [0.05, 0.1) is 5.60 Å². The summed E-state index contributed by atoms with van der Waals surface area (Å²) in [4.78, 5) is 0. The normalized spacial score (nSPS) is 37.2. The Balaban J connectivity index is 2.53. The molecule has 2 atom stereocenters. The second kappa shape index (κ2) is 3.75. The van der Waals surface area contributed by atoms with E-state index in [1.165, 1.54) is 0 Å². The monoisotopic (exact) mass is 171 g/mol. The minimum absolute atomic E-state index is 0.446. The average Bonchev–Trinajstić information content (AvgIpc) is 1.94. The van der Waals surface area contributed by atoms with Crippen LogP contribution in [-0.4, -0.2) is 23.8 Å². The Hall–Kier alpha value is -0.0800. The van der Waals surface area contributed by atoms with Crippen molar-refractivity contribution in [2.75, 3.05) is 13.1 Å². The van der Waals surface area contributed by atoms with Crippen molar-refractivity contribution in [1.82, 2.24) is 5.32 Å². The van der Waals surface area contributed by atoms with E-state index in [2.05, 4.69) is 26.1 Å². The van der Waals surface area contributed by atoms with Crippen LogP contribution in [0.4, 0.5) is 0 Å². The maximum absolute atomic E-state index is 10.2. The fraction of sp³-hybridized carbons (Fsp3) is 1.00. The van der Waals surface area contributed by atoms with Crippen LogP contribution in [0.15, 0.2) is 0 Å². The van der Waals surface area contributed by atoms with E-state index < -0.39 is 5.60 Å². The lowest BCUT2D eigenvalue weighted by molar-refractivity contribution is -0.0447. The summed E-state index contributed by atoms with van der Waals surface area (Å²) in [5.74, 6) is 1.03. The van der Waals surface area contributed by atoms with Crippen LogP contribution in [0.25, 0.3) is 0 Å². The van der Waals surface area contributed by atoms with Gasteiger partial charge < -0.3 is 10.4 Å². The van der Waals surface area contributed by atoms with Crippen molar-refractivity contribution in [3.8, 4) is 0 Å². The third-order valence-corrected chi connectivity index (χ3v) is 2.86. The summed E-state index contributed by atoms with van der Waals surface area (Å²) in [5, 5.41) is 13.5. The molecular weight excluding hydrogens is 150 g/mol. The summed E-state index contributed by atoms with van der Waals surface area (Å²) in [6.07, 6.45) is 2.02. The van der Waals surface area contributed by atoms with Crippen molar-refractivity contribution < 1.29 is 5.11 Å². The van der Waals surface area contributed by atoms with Crippen molar-refractivity contribution in [1.29, 1.82) is 0 Å². The maximum Gasteiger partial charge on any atom is 0.0799 e. The fourth-order valence-electron chi connectivity index (χ4n) is 2.05. The third-order valence-electron chi connectivity index (χ3n) is 2.86. The van der Waals surface area contributed by atoms with Gasteiger partial charge in [0, 0.05) is 6.54 Å². The van der Waals surface area contributed by atoms with Crippen LogP contribution < -0.4 is 5.32 Å². The number of nitrogens with one attached hydrogen (secondary N) is 1. The van der Waals surface area contributed by atoms with Gasteiger partial charge in [-0.3, -0.25) is 0 Å². The molecule has 1 heterocycles. The topological polar surface area (TPSA) is 32.3 Å². The molecule has 12 heavy (non-hydrogen) atoms. The van der Waals surface area contributed by atoms with E-state index in [0.717, 1.165) is 25.9 Å². The van der Waals surface area contributed by atoms with Crippen molar-refractivity contribution in [2.45, 2.75) is 39.2 Å². The quantitative estimate of drug-likeness (QED) is 0.658. The van der Waals surface area contributed by atoms with E-state index >= 15 is 0 Å². The average molecular weight is 171 g/mol. The molecule has 2 nitrogen and oxygen atoms in total. The Labute approximate surface area is 75.4 Å². The van der Waals surface area contributed by atoms with Crippen LogP contribution in [0, 0.1) is 11.8 Å². The first-order valence-corrected chi connectivity index (χ1v) is 4.98. The highest BCUT2D eigenvalue weighted by Gasteiger charge is 2.36. The minimum Gasteiger partial charge on any atom is -0.388 e. The molecule has 0 spiro atoms. The number of hydrogen-bond donors (Lipinski definition) is 2. The molecule has 1 aliphatic heterocycles. The van der Waals surface area contributed by atoms with Gasteiger partial charge in [-0.2, -0.15) is 0 Å². The second-order valence-corrected chi connectivity index (χ2v) is 4.57. The van der Waals surface area contributed by atoms with Crippen molar-refractivity contribution in [3.05, 3.63) is 0 Å². The summed E-state index contributed by atoms with van der Waals surface area (Å²) >= 11 is 0. The number of aliphatic hydroxyl groups is 1. The summed E-state index contributed by atoms with van der Waals surface area (Å²) in [7, 11) is 0. The van der Waals surface area contributed by atoms with E-state index in [1.807, 2.05) is 0 Å². The lowest BCUT2D eigenvalue weighted by atomic mass is 9.78. The van der Waals surface area contributed by atoms with Gasteiger partial charge in [0.2, 0.25) is 0 Å². The summed E-state index contributed by atoms with van der Waals surface area (Å²) in [5.41, 5.74) is -0.452. The molecule has 2 unspecified atom stereocenters. The Morgan fingerprint density at radius 1 is 1.58 bits per heavy atom. The van der Waals surface area contributed by atoms with E-state index in [-0.39, 0.29) is 0 Å². The molecule has 0 saturated carbocycles.